The monoisotopic (exact) mass is 546 g/mol. The second-order valence-corrected chi connectivity index (χ2v) is 8.13. The van der Waals surface area contributed by atoms with Gasteiger partial charge in [-0.2, -0.15) is 0 Å². The van der Waals surface area contributed by atoms with Crippen molar-refractivity contribution >= 4 is 56.3 Å². The lowest BCUT2D eigenvalue weighted by Gasteiger charge is -2.34. The third-order valence-corrected chi connectivity index (χ3v) is 6.02. The molecule has 1 aliphatic heterocycles. The number of nitrogens with zero attached hydrogens (tertiary/aromatic N) is 4. The van der Waals surface area contributed by atoms with Crippen molar-refractivity contribution in [1.29, 1.82) is 0 Å². The van der Waals surface area contributed by atoms with Crippen molar-refractivity contribution in [3.63, 3.8) is 0 Å². The summed E-state index contributed by atoms with van der Waals surface area (Å²) in [7, 11) is 1.86. The first-order chi connectivity index (χ1) is 13.1. The molecule has 162 valence electrons. The van der Waals surface area contributed by atoms with Gasteiger partial charge in [-0.3, -0.25) is 9.69 Å². The number of halogens is 2. The second kappa shape index (κ2) is 12.7. The van der Waals surface area contributed by atoms with Gasteiger partial charge >= 0.3 is 0 Å². The summed E-state index contributed by atoms with van der Waals surface area (Å²) in [5, 5.41) is 3.26. The average Bonchev–Trinajstić information content (AvgIpc) is 3.16. The number of hydrogen-bond donors (Lipinski definition) is 0. The van der Waals surface area contributed by atoms with Gasteiger partial charge in [0, 0.05) is 57.1 Å². The quantitative estimate of drug-likeness (QED) is 0.513. The minimum atomic E-state index is 0. The number of hydrogen-bond acceptors (Lipinski definition) is 5. The van der Waals surface area contributed by atoms with Crippen LogP contribution in [0.15, 0.2) is 29.6 Å². The Labute approximate surface area is 199 Å². The standard InChI is InChI=1S/C21H30N4OS.2BrH/c1-4-10-24-12-14-25(15-13-24)21-22-19(16-27-21)9-11-23(3)20(26)18-7-5-17(2)6-8-18;;/h5-8,16H,4,9-15H2,1-3H3;2*1H. The number of aryl methyl sites for hydroxylation is 1. The molecule has 0 saturated carbocycles. The van der Waals surface area contributed by atoms with Gasteiger partial charge in [0.1, 0.15) is 0 Å². The van der Waals surface area contributed by atoms with Gasteiger partial charge in [-0.15, -0.1) is 45.3 Å². The fraction of sp³-hybridized carbons (Fsp3) is 0.524. The molecule has 1 amide bonds. The van der Waals surface area contributed by atoms with Gasteiger partial charge in [-0.1, -0.05) is 24.6 Å². The zero-order chi connectivity index (χ0) is 19.2. The molecule has 2 aromatic rings. The first kappa shape index (κ1) is 26.1. The highest BCUT2D eigenvalue weighted by Crippen LogP contribution is 2.22. The molecule has 0 bridgehead atoms. The van der Waals surface area contributed by atoms with E-state index in [-0.39, 0.29) is 39.9 Å². The van der Waals surface area contributed by atoms with Crippen molar-refractivity contribution in [1.82, 2.24) is 14.8 Å². The first-order valence-electron chi connectivity index (χ1n) is 9.80. The van der Waals surface area contributed by atoms with E-state index in [9.17, 15) is 4.79 Å². The van der Waals surface area contributed by atoms with Crippen LogP contribution in [0.25, 0.3) is 0 Å². The fourth-order valence-corrected chi connectivity index (χ4v) is 4.25. The SMILES string of the molecule is Br.Br.CCCN1CCN(c2nc(CCN(C)C(=O)c3ccc(C)cc3)cs2)CC1. The maximum atomic E-state index is 12.5. The Hall–Kier alpha value is -0.960. The van der Waals surface area contributed by atoms with Crippen LogP contribution in [0.3, 0.4) is 0 Å². The van der Waals surface area contributed by atoms with Gasteiger partial charge in [0.25, 0.3) is 5.91 Å². The van der Waals surface area contributed by atoms with Gasteiger partial charge in [-0.05, 0) is 32.0 Å². The van der Waals surface area contributed by atoms with Crippen LogP contribution in [0.2, 0.25) is 0 Å². The zero-order valence-electron chi connectivity index (χ0n) is 17.5. The van der Waals surface area contributed by atoms with E-state index in [1.54, 1.807) is 16.2 Å². The molecule has 0 radical (unpaired) electrons. The maximum absolute atomic E-state index is 12.5. The van der Waals surface area contributed by atoms with E-state index in [2.05, 4.69) is 22.1 Å². The Bertz CT molecular complexity index is 745. The number of amides is 1. The number of anilines is 1. The minimum absolute atomic E-state index is 0. The van der Waals surface area contributed by atoms with Crippen LogP contribution in [-0.2, 0) is 6.42 Å². The predicted octanol–water partition coefficient (Wildman–Crippen LogP) is 4.45. The van der Waals surface area contributed by atoms with E-state index in [0.717, 1.165) is 49.0 Å². The molecular formula is C21H32Br2N4OS. The molecule has 1 saturated heterocycles. The third-order valence-electron chi connectivity index (χ3n) is 5.07. The van der Waals surface area contributed by atoms with Crippen LogP contribution in [-0.4, -0.2) is 67.0 Å². The van der Waals surface area contributed by atoms with Gasteiger partial charge < -0.3 is 9.80 Å². The molecule has 0 aliphatic carbocycles. The Morgan fingerprint density at radius 3 is 2.41 bits per heavy atom. The Morgan fingerprint density at radius 2 is 1.79 bits per heavy atom. The minimum Gasteiger partial charge on any atom is -0.346 e. The number of piperazine rings is 1. The summed E-state index contributed by atoms with van der Waals surface area (Å²) < 4.78 is 0. The van der Waals surface area contributed by atoms with E-state index >= 15 is 0 Å². The van der Waals surface area contributed by atoms with E-state index in [1.807, 2.05) is 38.2 Å². The zero-order valence-corrected chi connectivity index (χ0v) is 21.7. The van der Waals surface area contributed by atoms with Gasteiger partial charge in [-0.25, -0.2) is 4.98 Å². The van der Waals surface area contributed by atoms with Crippen LogP contribution in [0.5, 0.6) is 0 Å². The highest BCUT2D eigenvalue weighted by atomic mass is 79.9. The molecule has 3 rings (SSSR count). The molecule has 1 aromatic carbocycles. The predicted molar refractivity (Wildman–Crippen MR) is 134 cm³/mol. The largest absolute Gasteiger partial charge is 0.346 e. The Balaban J connectivity index is 0.00000210. The molecule has 8 heteroatoms. The Kier molecular flexibility index (Phi) is 11.4. The third kappa shape index (κ3) is 7.35. The summed E-state index contributed by atoms with van der Waals surface area (Å²) in [6.45, 7) is 10.5. The van der Waals surface area contributed by atoms with Crippen molar-refractivity contribution < 1.29 is 4.79 Å². The lowest BCUT2D eigenvalue weighted by atomic mass is 10.1. The van der Waals surface area contributed by atoms with E-state index in [0.29, 0.717) is 6.54 Å². The molecular weight excluding hydrogens is 516 g/mol. The van der Waals surface area contributed by atoms with Crippen LogP contribution in [0.1, 0.15) is 35.0 Å². The number of benzene rings is 1. The highest BCUT2D eigenvalue weighted by molar-refractivity contribution is 8.93. The maximum Gasteiger partial charge on any atom is 0.253 e. The molecule has 0 unspecified atom stereocenters. The lowest BCUT2D eigenvalue weighted by Crippen LogP contribution is -2.46. The smallest absolute Gasteiger partial charge is 0.253 e. The van der Waals surface area contributed by atoms with Crippen LogP contribution in [0, 0.1) is 6.92 Å². The number of rotatable bonds is 7. The van der Waals surface area contributed by atoms with Gasteiger partial charge in [0.05, 0.1) is 5.69 Å². The molecule has 5 nitrogen and oxygen atoms in total. The lowest BCUT2D eigenvalue weighted by molar-refractivity contribution is 0.0796. The molecule has 1 aliphatic rings. The molecule has 1 fully saturated rings. The molecule has 0 N–H and O–H groups in total. The summed E-state index contributed by atoms with van der Waals surface area (Å²) in [4.78, 5) is 24.0. The summed E-state index contributed by atoms with van der Waals surface area (Å²) >= 11 is 1.72. The van der Waals surface area contributed by atoms with E-state index in [1.165, 1.54) is 18.5 Å². The topological polar surface area (TPSA) is 39.7 Å². The van der Waals surface area contributed by atoms with Crippen LogP contribution < -0.4 is 4.90 Å². The Morgan fingerprint density at radius 1 is 1.14 bits per heavy atom. The second-order valence-electron chi connectivity index (χ2n) is 7.29. The first-order valence-corrected chi connectivity index (χ1v) is 10.7. The number of likely N-dealkylation sites (N-methyl/N-ethyl adjacent to an activating group) is 1. The molecule has 2 heterocycles. The fourth-order valence-electron chi connectivity index (χ4n) is 3.34. The van der Waals surface area contributed by atoms with Crippen molar-refractivity contribution in [3.8, 4) is 0 Å². The summed E-state index contributed by atoms with van der Waals surface area (Å²) in [5.41, 5.74) is 2.99. The number of carbonyl (C=O) groups is 1. The van der Waals surface area contributed by atoms with Crippen molar-refractivity contribution in [2.75, 3.05) is 51.2 Å². The molecule has 1 aromatic heterocycles. The van der Waals surface area contributed by atoms with Gasteiger partial charge in [0.15, 0.2) is 5.13 Å². The average molecular weight is 548 g/mol. The van der Waals surface area contributed by atoms with E-state index < -0.39 is 0 Å². The number of carbonyl (C=O) groups excluding carboxylic acids is 1. The van der Waals surface area contributed by atoms with Crippen molar-refractivity contribution in [2.45, 2.75) is 26.7 Å². The molecule has 29 heavy (non-hydrogen) atoms. The number of thiazole rings is 1. The van der Waals surface area contributed by atoms with Crippen LogP contribution in [0.4, 0.5) is 5.13 Å². The number of aromatic nitrogens is 1. The van der Waals surface area contributed by atoms with Crippen LogP contribution >= 0.6 is 45.3 Å². The van der Waals surface area contributed by atoms with Crippen molar-refractivity contribution in [2.24, 2.45) is 0 Å². The normalized spacial score (nSPS) is 14.1. The summed E-state index contributed by atoms with van der Waals surface area (Å²) in [6.07, 6.45) is 2.01. The van der Waals surface area contributed by atoms with E-state index in [4.69, 9.17) is 4.98 Å². The summed E-state index contributed by atoms with van der Waals surface area (Å²) in [6, 6.07) is 7.75. The summed E-state index contributed by atoms with van der Waals surface area (Å²) in [5.74, 6) is 0.0671. The highest BCUT2D eigenvalue weighted by Gasteiger charge is 2.19. The molecule has 0 atom stereocenters. The van der Waals surface area contributed by atoms with Crippen molar-refractivity contribution in [3.05, 3.63) is 46.5 Å². The van der Waals surface area contributed by atoms with Gasteiger partial charge in [0.2, 0.25) is 0 Å². The molecule has 0 spiro atoms.